The van der Waals surface area contributed by atoms with Gasteiger partial charge in [-0.25, -0.2) is 9.59 Å². The van der Waals surface area contributed by atoms with Gasteiger partial charge in [-0.3, -0.25) is 18.7 Å². The van der Waals surface area contributed by atoms with Crippen LogP contribution < -0.4 is 20.8 Å². The third-order valence-corrected chi connectivity index (χ3v) is 13.1. The van der Waals surface area contributed by atoms with E-state index in [4.69, 9.17) is 4.74 Å². The molecule has 2 aliphatic heterocycles. The molecule has 1 fully saturated rings. The summed E-state index contributed by atoms with van der Waals surface area (Å²) in [4.78, 5) is 50.7. The minimum absolute atomic E-state index is 0.213. The third kappa shape index (κ3) is 6.85. The molecule has 2 atom stereocenters. The Labute approximate surface area is 331 Å². The van der Waals surface area contributed by atoms with E-state index in [0.29, 0.717) is 30.3 Å². The topological polar surface area (TPSA) is 131 Å². The van der Waals surface area contributed by atoms with Crippen LogP contribution in [0.5, 0.6) is 5.75 Å². The summed E-state index contributed by atoms with van der Waals surface area (Å²) in [7, 11) is 5.54. The number of rotatable bonds is 9. The van der Waals surface area contributed by atoms with Crippen molar-refractivity contribution in [1.29, 1.82) is 0 Å². The van der Waals surface area contributed by atoms with Crippen molar-refractivity contribution in [2.75, 3.05) is 37.6 Å². The number of ether oxygens (including phenoxy) is 1. The van der Waals surface area contributed by atoms with E-state index in [0.717, 1.165) is 67.4 Å². The zero-order valence-electron chi connectivity index (χ0n) is 31.2. The number of fused-ring (bicyclic) bond motifs is 4. The van der Waals surface area contributed by atoms with Gasteiger partial charge in [-0.2, -0.15) is 0 Å². The molecule has 0 amide bonds. The molecule has 4 heterocycles. The molecule has 4 aromatic carbocycles. The van der Waals surface area contributed by atoms with Crippen LogP contribution in [-0.2, 0) is 22.4 Å². The first kappa shape index (κ1) is 37.5. The fourth-order valence-corrected chi connectivity index (χ4v) is 10.9. The lowest BCUT2D eigenvalue weighted by molar-refractivity contribution is -0.141. The molecule has 0 spiro atoms. The highest BCUT2D eigenvalue weighted by Gasteiger charge is 2.38. The maximum atomic E-state index is 12.9. The lowest BCUT2D eigenvalue weighted by Crippen LogP contribution is -2.30. The number of aliphatic carboxylic acids is 2. The number of benzene rings is 4. The number of nitrogens with zero attached hydrogens (tertiary/aromatic N) is 3. The van der Waals surface area contributed by atoms with Crippen molar-refractivity contribution in [2.45, 2.75) is 53.7 Å². The summed E-state index contributed by atoms with van der Waals surface area (Å²) in [5.41, 5.74) is 5.89. The van der Waals surface area contributed by atoms with Gasteiger partial charge in [0.15, 0.2) is 0 Å². The number of methoxy groups -OCH3 is 1. The normalized spacial score (nSPS) is 16.9. The first-order valence-corrected chi connectivity index (χ1v) is 20.5. The molecule has 0 bridgehead atoms. The minimum Gasteiger partial charge on any atom is -0.496 e. The van der Waals surface area contributed by atoms with E-state index < -0.39 is 24.0 Å². The molecule has 1 unspecified atom stereocenters. The molecule has 0 saturated heterocycles. The SMILES string of the molecule is CN(C)c1c(Cc2cccc3ccccc23)cc(=O)n2c1SC[C@H]2C(=O)O.COc1ccc(Cc2cc(=O)n3c(c2C2CC2)SCC3C(=O)O)c2ccccc12. The number of thioether (sulfide) groups is 2. The van der Waals surface area contributed by atoms with Crippen LogP contribution in [0.3, 0.4) is 0 Å². The average molecular weight is 788 g/mol. The minimum atomic E-state index is -0.963. The Bertz CT molecular complexity index is 2660. The second-order valence-corrected chi connectivity index (χ2v) is 16.6. The maximum absolute atomic E-state index is 12.9. The van der Waals surface area contributed by atoms with Crippen LogP contribution in [0.2, 0.25) is 0 Å². The smallest absolute Gasteiger partial charge is 0.327 e. The Hall–Kier alpha value is -5.46. The molecule has 6 aromatic rings. The number of carboxylic acid groups (broad SMARTS) is 2. The van der Waals surface area contributed by atoms with Gasteiger partial charge in [0.1, 0.15) is 22.9 Å². The van der Waals surface area contributed by atoms with Crippen molar-refractivity contribution in [3.8, 4) is 5.75 Å². The molecular weight excluding hydrogens is 747 g/mol. The zero-order chi connectivity index (χ0) is 39.2. The predicted octanol–water partition coefficient (Wildman–Crippen LogP) is 7.60. The molecule has 2 aromatic heterocycles. The molecule has 9 rings (SSSR count). The highest BCUT2D eigenvalue weighted by Crippen LogP contribution is 2.49. The quantitative estimate of drug-likeness (QED) is 0.151. The van der Waals surface area contributed by atoms with E-state index in [-0.39, 0.29) is 11.1 Å². The second-order valence-electron chi connectivity index (χ2n) is 14.6. The van der Waals surface area contributed by atoms with Crippen LogP contribution in [-0.4, -0.2) is 64.0 Å². The standard InChI is InChI=1S/C23H21NO4S.C21H20N2O3S/c1-28-19-9-8-14(16-4-2-3-5-17(16)19)10-15-11-20(25)24-18(23(26)27)12-29-22(24)21(15)13-6-7-13;1-22(2)19-15(10-14-8-5-7-13-6-3-4-9-16(13)14)11-18(24)23-17(21(25)26)12-27-20(19)23/h2-5,8-9,11,13,18H,6-7,10,12H2,1H3,(H,26,27);3-9,11,17H,10,12H2,1-2H3,(H,25,26)/t;17-/m.0/s1. The van der Waals surface area contributed by atoms with E-state index in [2.05, 4.69) is 36.4 Å². The van der Waals surface area contributed by atoms with E-state index in [1.54, 1.807) is 19.2 Å². The molecule has 1 aliphatic carbocycles. The first-order valence-electron chi connectivity index (χ1n) is 18.5. The van der Waals surface area contributed by atoms with Crippen LogP contribution in [0.1, 0.15) is 58.7 Å². The van der Waals surface area contributed by atoms with Crippen molar-refractivity contribution < 1.29 is 24.5 Å². The van der Waals surface area contributed by atoms with E-state index in [1.165, 1.54) is 49.0 Å². The highest BCUT2D eigenvalue weighted by molar-refractivity contribution is 7.99. The largest absolute Gasteiger partial charge is 0.496 e. The highest BCUT2D eigenvalue weighted by atomic mass is 32.2. The number of anilines is 1. The summed E-state index contributed by atoms with van der Waals surface area (Å²) in [5, 5.41) is 25.1. The molecule has 3 aliphatic rings. The Balaban J connectivity index is 0.000000158. The predicted molar refractivity (Wildman–Crippen MR) is 223 cm³/mol. The van der Waals surface area contributed by atoms with Crippen molar-refractivity contribution in [3.05, 3.63) is 140 Å². The van der Waals surface area contributed by atoms with Crippen molar-refractivity contribution in [1.82, 2.24) is 9.13 Å². The zero-order valence-corrected chi connectivity index (χ0v) is 32.9. The Kier molecular flexibility index (Phi) is 10.2. The number of carbonyl (C=O) groups is 2. The fourth-order valence-electron chi connectivity index (χ4n) is 8.10. The molecule has 10 nitrogen and oxygen atoms in total. The van der Waals surface area contributed by atoms with Crippen LogP contribution in [0, 0.1) is 0 Å². The van der Waals surface area contributed by atoms with Crippen molar-refractivity contribution in [3.63, 3.8) is 0 Å². The van der Waals surface area contributed by atoms with Crippen LogP contribution >= 0.6 is 23.5 Å². The van der Waals surface area contributed by atoms with Gasteiger partial charge in [0, 0.05) is 49.5 Å². The number of hydrogen-bond donors (Lipinski definition) is 2. The Morgan fingerprint density at radius 2 is 1.25 bits per heavy atom. The second kappa shape index (κ2) is 15.2. The van der Waals surface area contributed by atoms with Crippen molar-refractivity contribution in [2.24, 2.45) is 0 Å². The van der Waals surface area contributed by atoms with E-state index in [1.807, 2.05) is 61.5 Å². The number of hydrogen-bond acceptors (Lipinski definition) is 8. The molecule has 286 valence electrons. The average Bonchev–Trinajstić information content (AvgIpc) is 3.74. The number of pyridine rings is 2. The summed E-state index contributed by atoms with van der Waals surface area (Å²) >= 11 is 2.95. The molecule has 2 N–H and O–H groups in total. The van der Waals surface area contributed by atoms with Gasteiger partial charge < -0.3 is 19.8 Å². The van der Waals surface area contributed by atoms with Gasteiger partial charge in [0.2, 0.25) is 0 Å². The molecule has 12 heteroatoms. The summed E-state index contributed by atoms with van der Waals surface area (Å²) in [5.74, 6) is 0.156. The summed E-state index contributed by atoms with van der Waals surface area (Å²) in [6, 6.07) is 28.3. The molecule has 0 radical (unpaired) electrons. The number of aromatic nitrogens is 2. The number of carboxylic acids is 2. The summed E-state index contributed by atoms with van der Waals surface area (Å²) < 4.78 is 8.43. The monoisotopic (exact) mass is 787 g/mol. The third-order valence-electron chi connectivity index (χ3n) is 10.8. The lowest BCUT2D eigenvalue weighted by atomic mass is 9.94. The van der Waals surface area contributed by atoms with Gasteiger partial charge in [0.05, 0.1) is 17.8 Å². The van der Waals surface area contributed by atoms with E-state index in [9.17, 15) is 29.4 Å². The van der Waals surface area contributed by atoms with Gasteiger partial charge in [-0.05, 0) is 75.2 Å². The van der Waals surface area contributed by atoms with Crippen LogP contribution in [0.15, 0.2) is 111 Å². The summed E-state index contributed by atoms with van der Waals surface area (Å²) in [6.45, 7) is 0. The molecular formula is C44H41N3O7S2. The lowest BCUT2D eigenvalue weighted by Gasteiger charge is -2.22. The van der Waals surface area contributed by atoms with Gasteiger partial charge in [-0.15, -0.1) is 23.5 Å². The van der Waals surface area contributed by atoms with Crippen LogP contribution in [0.25, 0.3) is 21.5 Å². The van der Waals surface area contributed by atoms with Gasteiger partial charge in [0.25, 0.3) is 11.1 Å². The maximum Gasteiger partial charge on any atom is 0.327 e. The van der Waals surface area contributed by atoms with Crippen LogP contribution in [0.4, 0.5) is 5.69 Å². The fraction of sp³-hybridized carbons (Fsp3) is 0.273. The van der Waals surface area contributed by atoms with Gasteiger partial charge in [-0.1, -0.05) is 72.8 Å². The Morgan fingerprint density at radius 1 is 0.696 bits per heavy atom. The Morgan fingerprint density at radius 3 is 1.89 bits per heavy atom. The first-order chi connectivity index (χ1) is 27.0. The van der Waals surface area contributed by atoms with Crippen molar-refractivity contribution >= 4 is 62.7 Å². The van der Waals surface area contributed by atoms with E-state index >= 15 is 0 Å². The molecule has 1 saturated carbocycles. The van der Waals surface area contributed by atoms with Gasteiger partial charge >= 0.3 is 11.9 Å². The summed E-state index contributed by atoms with van der Waals surface area (Å²) in [6.07, 6.45) is 3.47. The molecule has 56 heavy (non-hydrogen) atoms.